The van der Waals surface area contributed by atoms with Gasteiger partial charge in [-0.3, -0.25) is 4.79 Å². The number of carbonyl (C=O) groups excluding carboxylic acids is 1. The molecule has 17 heavy (non-hydrogen) atoms. The summed E-state index contributed by atoms with van der Waals surface area (Å²) in [6, 6.07) is -0.891. The van der Waals surface area contributed by atoms with Crippen molar-refractivity contribution in [3.8, 4) is 0 Å². The van der Waals surface area contributed by atoms with Crippen LogP contribution in [0, 0.1) is 5.92 Å². The highest BCUT2D eigenvalue weighted by Crippen LogP contribution is 2.06. The van der Waals surface area contributed by atoms with E-state index in [1.54, 1.807) is 0 Å². The van der Waals surface area contributed by atoms with E-state index in [1.165, 1.54) is 7.11 Å². The maximum Gasteiger partial charge on any atom is 0.326 e. The molecule has 0 aliphatic carbocycles. The zero-order valence-electron chi connectivity index (χ0n) is 10.4. The molecule has 0 saturated carbocycles. The van der Waals surface area contributed by atoms with Gasteiger partial charge in [-0.1, -0.05) is 13.3 Å². The molecular weight excluding hydrogens is 224 g/mol. The molecule has 6 nitrogen and oxygen atoms in total. The Bertz CT molecular complexity index is 242. The third-order valence-electron chi connectivity index (χ3n) is 2.63. The SMILES string of the molecule is CCC(CN)CC(=O)NC(CCOC)C(=O)O. The van der Waals surface area contributed by atoms with Crippen molar-refractivity contribution in [2.24, 2.45) is 11.7 Å². The van der Waals surface area contributed by atoms with Crippen molar-refractivity contribution in [1.29, 1.82) is 0 Å². The molecule has 2 unspecified atom stereocenters. The fraction of sp³-hybridized carbons (Fsp3) is 0.818. The number of aliphatic carboxylic acids is 1. The van der Waals surface area contributed by atoms with Crippen LogP contribution in [0.1, 0.15) is 26.2 Å². The van der Waals surface area contributed by atoms with Gasteiger partial charge in [0.25, 0.3) is 0 Å². The van der Waals surface area contributed by atoms with E-state index in [0.717, 1.165) is 6.42 Å². The van der Waals surface area contributed by atoms with Crippen molar-refractivity contribution < 1.29 is 19.4 Å². The Hall–Kier alpha value is -1.14. The van der Waals surface area contributed by atoms with Crippen molar-refractivity contribution in [1.82, 2.24) is 5.32 Å². The number of carbonyl (C=O) groups is 2. The molecule has 0 fully saturated rings. The Labute approximate surface area is 102 Å². The lowest BCUT2D eigenvalue weighted by Crippen LogP contribution is -2.42. The molecule has 0 aliphatic rings. The Morgan fingerprint density at radius 1 is 1.47 bits per heavy atom. The summed E-state index contributed by atoms with van der Waals surface area (Å²) in [5.74, 6) is -1.21. The van der Waals surface area contributed by atoms with Gasteiger partial charge in [-0.2, -0.15) is 0 Å². The van der Waals surface area contributed by atoms with E-state index in [9.17, 15) is 9.59 Å². The predicted octanol–water partition coefficient (Wildman–Crippen LogP) is -0.0327. The summed E-state index contributed by atoms with van der Waals surface area (Å²) >= 11 is 0. The average molecular weight is 246 g/mol. The van der Waals surface area contributed by atoms with Crippen LogP contribution in [0.3, 0.4) is 0 Å². The van der Waals surface area contributed by atoms with Gasteiger partial charge in [0.1, 0.15) is 6.04 Å². The number of carboxylic acids is 1. The number of nitrogens with one attached hydrogen (secondary N) is 1. The van der Waals surface area contributed by atoms with Gasteiger partial charge in [0.15, 0.2) is 0 Å². The summed E-state index contributed by atoms with van der Waals surface area (Å²) in [4.78, 5) is 22.4. The van der Waals surface area contributed by atoms with Crippen LogP contribution in [-0.4, -0.2) is 43.3 Å². The van der Waals surface area contributed by atoms with Gasteiger partial charge in [0, 0.05) is 26.6 Å². The van der Waals surface area contributed by atoms with Gasteiger partial charge >= 0.3 is 5.97 Å². The number of ether oxygens (including phenoxy) is 1. The van der Waals surface area contributed by atoms with E-state index in [-0.39, 0.29) is 24.7 Å². The summed E-state index contributed by atoms with van der Waals surface area (Å²) in [5.41, 5.74) is 5.49. The second kappa shape index (κ2) is 8.95. The van der Waals surface area contributed by atoms with Gasteiger partial charge in [0.2, 0.25) is 5.91 Å². The van der Waals surface area contributed by atoms with Crippen molar-refractivity contribution in [3.63, 3.8) is 0 Å². The lowest BCUT2D eigenvalue weighted by Gasteiger charge is -2.16. The molecule has 100 valence electrons. The normalized spacial score (nSPS) is 14.1. The maximum absolute atomic E-state index is 11.6. The minimum atomic E-state index is -1.05. The molecule has 0 spiro atoms. The van der Waals surface area contributed by atoms with Crippen molar-refractivity contribution in [2.75, 3.05) is 20.3 Å². The van der Waals surface area contributed by atoms with Crippen molar-refractivity contribution >= 4 is 11.9 Å². The smallest absolute Gasteiger partial charge is 0.326 e. The number of amides is 1. The van der Waals surface area contributed by atoms with Crippen LogP contribution in [0.5, 0.6) is 0 Å². The summed E-state index contributed by atoms with van der Waals surface area (Å²) in [6.45, 7) is 2.68. The van der Waals surface area contributed by atoms with E-state index in [0.29, 0.717) is 13.2 Å². The lowest BCUT2D eigenvalue weighted by molar-refractivity contribution is -0.142. The van der Waals surface area contributed by atoms with E-state index >= 15 is 0 Å². The zero-order chi connectivity index (χ0) is 13.3. The van der Waals surface area contributed by atoms with Gasteiger partial charge in [-0.25, -0.2) is 4.79 Å². The van der Waals surface area contributed by atoms with Crippen LogP contribution < -0.4 is 11.1 Å². The summed E-state index contributed by atoms with van der Waals surface area (Å²) in [6.07, 6.45) is 1.33. The van der Waals surface area contributed by atoms with Crippen LogP contribution in [-0.2, 0) is 14.3 Å². The molecule has 2 atom stereocenters. The fourth-order valence-electron chi connectivity index (χ4n) is 1.40. The number of hydrogen-bond acceptors (Lipinski definition) is 4. The molecule has 0 aromatic carbocycles. The molecule has 4 N–H and O–H groups in total. The van der Waals surface area contributed by atoms with Gasteiger partial charge in [-0.15, -0.1) is 0 Å². The van der Waals surface area contributed by atoms with Crippen LogP contribution in [0.2, 0.25) is 0 Å². The Morgan fingerprint density at radius 3 is 2.53 bits per heavy atom. The second-order valence-electron chi connectivity index (χ2n) is 3.95. The molecule has 0 radical (unpaired) electrons. The van der Waals surface area contributed by atoms with Gasteiger partial charge in [0.05, 0.1) is 0 Å². The molecule has 0 heterocycles. The number of carboxylic acid groups (broad SMARTS) is 1. The minimum absolute atomic E-state index is 0.104. The molecule has 0 aromatic heterocycles. The van der Waals surface area contributed by atoms with Crippen molar-refractivity contribution in [3.05, 3.63) is 0 Å². The summed E-state index contributed by atoms with van der Waals surface area (Å²) in [5, 5.41) is 11.4. The van der Waals surface area contributed by atoms with E-state index in [2.05, 4.69) is 5.32 Å². The monoisotopic (exact) mass is 246 g/mol. The van der Waals surface area contributed by atoms with Gasteiger partial charge in [-0.05, 0) is 12.5 Å². The number of nitrogens with two attached hydrogens (primary N) is 1. The third kappa shape index (κ3) is 6.91. The minimum Gasteiger partial charge on any atom is -0.480 e. The van der Waals surface area contributed by atoms with E-state index in [4.69, 9.17) is 15.6 Å². The highest BCUT2D eigenvalue weighted by atomic mass is 16.5. The Kier molecular flexibility index (Phi) is 8.35. The highest BCUT2D eigenvalue weighted by Gasteiger charge is 2.20. The first-order valence-electron chi connectivity index (χ1n) is 5.76. The number of rotatable bonds is 9. The molecule has 1 amide bonds. The first kappa shape index (κ1) is 15.9. The predicted molar refractivity (Wildman–Crippen MR) is 63.5 cm³/mol. The lowest BCUT2D eigenvalue weighted by atomic mass is 10.0. The second-order valence-corrected chi connectivity index (χ2v) is 3.95. The van der Waals surface area contributed by atoms with Gasteiger partial charge < -0.3 is 20.9 Å². The van der Waals surface area contributed by atoms with Crippen molar-refractivity contribution in [2.45, 2.75) is 32.2 Å². The Balaban J connectivity index is 4.15. The van der Waals surface area contributed by atoms with Crippen LogP contribution in [0.15, 0.2) is 0 Å². The largest absolute Gasteiger partial charge is 0.480 e. The number of hydrogen-bond donors (Lipinski definition) is 3. The highest BCUT2D eigenvalue weighted by molar-refractivity contribution is 5.83. The summed E-state index contributed by atoms with van der Waals surface area (Å²) in [7, 11) is 1.49. The fourth-order valence-corrected chi connectivity index (χ4v) is 1.40. The molecule has 0 aliphatic heterocycles. The molecule has 6 heteroatoms. The first-order chi connectivity index (χ1) is 8.04. The zero-order valence-corrected chi connectivity index (χ0v) is 10.4. The maximum atomic E-state index is 11.6. The Morgan fingerprint density at radius 2 is 2.12 bits per heavy atom. The van der Waals surface area contributed by atoms with Crippen LogP contribution in [0.25, 0.3) is 0 Å². The van der Waals surface area contributed by atoms with E-state index < -0.39 is 12.0 Å². The van der Waals surface area contributed by atoms with E-state index in [1.807, 2.05) is 6.92 Å². The van der Waals surface area contributed by atoms with Crippen LogP contribution >= 0.6 is 0 Å². The molecular formula is C11H22N2O4. The average Bonchev–Trinajstić information content (AvgIpc) is 2.30. The standard InChI is InChI=1S/C11H22N2O4/c1-3-8(7-12)6-10(14)13-9(11(15)16)4-5-17-2/h8-9H,3-7,12H2,1-2H3,(H,13,14)(H,15,16). The summed E-state index contributed by atoms with van der Waals surface area (Å²) < 4.78 is 4.79. The molecule has 0 rings (SSSR count). The topological polar surface area (TPSA) is 102 Å². The molecule has 0 bridgehead atoms. The molecule has 0 saturated heterocycles. The van der Waals surface area contributed by atoms with Crippen LogP contribution in [0.4, 0.5) is 0 Å². The molecule has 0 aromatic rings. The number of methoxy groups -OCH3 is 1. The first-order valence-corrected chi connectivity index (χ1v) is 5.76. The third-order valence-corrected chi connectivity index (χ3v) is 2.63. The quantitative estimate of drug-likeness (QED) is 0.530.